The van der Waals surface area contributed by atoms with Crippen LogP contribution in [0.15, 0.2) is 35.3 Å². The molecule has 15 heavy (non-hydrogen) atoms. The average Bonchev–Trinajstić information content (AvgIpc) is 2.71. The highest BCUT2D eigenvalue weighted by Crippen LogP contribution is 2.11. The van der Waals surface area contributed by atoms with Crippen molar-refractivity contribution in [3.8, 4) is 0 Å². The van der Waals surface area contributed by atoms with Crippen molar-refractivity contribution in [2.45, 2.75) is 0 Å². The lowest BCUT2D eigenvalue weighted by Gasteiger charge is -1.99. The average molecular weight is 228 g/mol. The van der Waals surface area contributed by atoms with Crippen molar-refractivity contribution < 1.29 is 14.7 Å². The maximum atomic E-state index is 7.23. The van der Waals surface area contributed by atoms with E-state index in [1.807, 2.05) is 18.2 Å². The first-order valence-corrected chi connectivity index (χ1v) is 5.60. The fraction of sp³-hybridized carbons (Fsp3) is 0.222. The Balaban J connectivity index is 0.000000245. The zero-order chi connectivity index (χ0) is 11.1. The van der Waals surface area contributed by atoms with Gasteiger partial charge in [0.25, 0.3) is 0 Å². The summed E-state index contributed by atoms with van der Waals surface area (Å²) < 4.78 is 0. The first-order valence-electron chi connectivity index (χ1n) is 4.40. The number of hydrogen-bond acceptors (Lipinski definition) is 5. The van der Waals surface area contributed by atoms with E-state index in [1.165, 1.54) is 5.56 Å². The van der Waals surface area contributed by atoms with Crippen molar-refractivity contribution in [3.05, 3.63) is 35.9 Å². The van der Waals surface area contributed by atoms with E-state index >= 15 is 0 Å². The number of benzene rings is 1. The van der Waals surface area contributed by atoms with Gasteiger partial charge in [-0.15, -0.1) is 0 Å². The monoisotopic (exact) mass is 228 g/mol. The Kier molecular flexibility index (Phi) is 5.21. The summed E-state index contributed by atoms with van der Waals surface area (Å²) in [7, 11) is -2.62. The molecule has 0 aliphatic carbocycles. The van der Waals surface area contributed by atoms with E-state index in [0.29, 0.717) is 0 Å². The molecule has 2 rings (SSSR count). The van der Waals surface area contributed by atoms with Gasteiger partial charge in [-0.2, -0.15) is 0 Å². The van der Waals surface area contributed by atoms with Gasteiger partial charge in [-0.1, -0.05) is 30.3 Å². The smallest absolute Gasteiger partial charge is 0.324 e. The fourth-order valence-electron chi connectivity index (χ4n) is 1.19. The minimum atomic E-state index is -2.62. The lowest BCUT2D eigenvalue weighted by molar-refractivity contribution is 0.368. The Morgan fingerprint density at radius 2 is 1.73 bits per heavy atom. The molecule has 0 spiro atoms. The van der Waals surface area contributed by atoms with Crippen molar-refractivity contribution in [2.24, 2.45) is 4.99 Å². The normalized spacial score (nSPS) is 14.0. The van der Waals surface area contributed by atoms with E-state index in [1.54, 1.807) is 0 Å². The minimum absolute atomic E-state index is 0.907. The SMILES string of the molecule is OP(O)O.c1ccc(C2=NCCN2)cc1. The fourth-order valence-corrected chi connectivity index (χ4v) is 1.19. The van der Waals surface area contributed by atoms with Crippen LogP contribution in [0.2, 0.25) is 0 Å². The molecule has 82 valence electrons. The van der Waals surface area contributed by atoms with Gasteiger partial charge in [0.05, 0.1) is 6.54 Å². The van der Waals surface area contributed by atoms with Crippen LogP contribution in [-0.2, 0) is 0 Å². The zero-order valence-corrected chi connectivity index (χ0v) is 8.93. The van der Waals surface area contributed by atoms with E-state index in [2.05, 4.69) is 22.4 Å². The Morgan fingerprint density at radius 3 is 2.20 bits per heavy atom. The first kappa shape index (κ1) is 12.1. The molecule has 5 nitrogen and oxygen atoms in total. The van der Waals surface area contributed by atoms with Crippen LogP contribution in [-0.4, -0.2) is 33.6 Å². The molecule has 0 saturated heterocycles. The summed E-state index contributed by atoms with van der Waals surface area (Å²) >= 11 is 0. The summed E-state index contributed by atoms with van der Waals surface area (Å²) in [5.74, 6) is 1.03. The standard InChI is InChI=1S/C9H10N2.H3O3P/c1-2-4-8(5-3-1)9-10-6-7-11-9;1-4(2)3/h1-5H,6-7H2,(H,10,11);1-3H. The van der Waals surface area contributed by atoms with Crippen LogP contribution in [0.25, 0.3) is 0 Å². The molecule has 0 amide bonds. The summed E-state index contributed by atoms with van der Waals surface area (Å²) in [5, 5.41) is 3.22. The number of hydrogen-bond donors (Lipinski definition) is 4. The second-order valence-corrected chi connectivity index (χ2v) is 3.33. The number of nitrogens with zero attached hydrogens (tertiary/aromatic N) is 1. The molecule has 0 saturated carbocycles. The van der Waals surface area contributed by atoms with Gasteiger partial charge in [-0.3, -0.25) is 4.99 Å². The first-order chi connectivity index (χ1) is 7.20. The molecule has 1 aliphatic heterocycles. The van der Waals surface area contributed by atoms with Crippen LogP contribution >= 0.6 is 8.60 Å². The van der Waals surface area contributed by atoms with Crippen molar-refractivity contribution in [3.63, 3.8) is 0 Å². The number of aliphatic imine (C=N–C) groups is 1. The van der Waals surface area contributed by atoms with Gasteiger partial charge >= 0.3 is 8.60 Å². The molecule has 1 heterocycles. The Bertz CT molecular complexity index is 314. The van der Waals surface area contributed by atoms with Gasteiger partial charge in [0.2, 0.25) is 0 Å². The van der Waals surface area contributed by atoms with Gasteiger partial charge in [-0.05, 0) is 0 Å². The maximum Gasteiger partial charge on any atom is 0.324 e. The molecular weight excluding hydrogens is 215 g/mol. The third-order valence-electron chi connectivity index (χ3n) is 1.72. The van der Waals surface area contributed by atoms with Crippen LogP contribution < -0.4 is 5.32 Å². The van der Waals surface area contributed by atoms with Crippen molar-refractivity contribution >= 4 is 14.4 Å². The molecule has 1 aromatic carbocycles. The van der Waals surface area contributed by atoms with Gasteiger partial charge in [0.15, 0.2) is 0 Å². The highest BCUT2D eigenvalue weighted by molar-refractivity contribution is 7.38. The molecule has 0 fully saturated rings. The predicted molar refractivity (Wildman–Crippen MR) is 59.4 cm³/mol. The molecule has 0 aromatic heterocycles. The van der Waals surface area contributed by atoms with Gasteiger partial charge in [0, 0.05) is 12.1 Å². The topological polar surface area (TPSA) is 85.1 Å². The van der Waals surface area contributed by atoms with Gasteiger partial charge in [0.1, 0.15) is 5.84 Å². The number of nitrogens with one attached hydrogen (secondary N) is 1. The summed E-state index contributed by atoms with van der Waals surface area (Å²) in [4.78, 5) is 26.0. The molecular formula is C9H13N2O3P. The van der Waals surface area contributed by atoms with Crippen molar-refractivity contribution in [1.82, 2.24) is 5.32 Å². The van der Waals surface area contributed by atoms with E-state index in [0.717, 1.165) is 18.9 Å². The summed E-state index contributed by atoms with van der Waals surface area (Å²) in [5.41, 5.74) is 1.19. The molecule has 0 radical (unpaired) electrons. The third kappa shape index (κ3) is 4.85. The van der Waals surface area contributed by atoms with Crippen LogP contribution in [0.5, 0.6) is 0 Å². The van der Waals surface area contributed by atoms with Crippen LogP contribution in [0.4, 0.5) is 0 Å². The molecule has 0 bridgehead atoms. The molecule has 0 atom stereocenters. The largest absolute Gasteiger partial charge is 0.368 e. The lowest BCUT2D eigenvalue weighted by atomic mass is 10.2. The molecule has 0 unspecified atom stereocenters. The van der Waals surface area contributed by atoms with Crippen LogP contribution in [0.3, 0.4) is 0 Å². The molecule has 6 heteroatoms. The Hall–Kier alpha value is -1.00. The maximum absolute atomic E-state index is 7.23. The minimum Gasteiger partial charge on any atom is -0.368 e. The molecule has 4 N–H and O–H groups in total. The number of rotatable bonds is 1. The molecule has 1 aromatic rings. The third-order valence-corrected chi connectivity index (χ3v) is 1.72. The second-order valence-electron chi connectivity index (χ2n) is 2.79. The molecule has 1 aliphatic rings. The highest BCUT2D eigenvalue weighted by Gasteiger charge is 2.05. The Labute approximate surface area is 89.1 Å². The van der Waals surface area contributed by atoms with Crippen LogP contribution in [0.1, 0.15) is 5.56 Å². The Morgan fingerprint density at radius 1 is 1.13 bits per heavy atom. The summed E-state index contributed by atoms with van der Waals surface area (Å²) in [6.07, 6.45) is 0. The summed E-state index contributed by atoms with van der Waals surface area (Å²) in [6, 6.07) is 10.2. The van der Waals surface area contributed by atoms with Crippen LogP contribution in [0, 0.1) is 0 Å². The number of amidine groups is 1. The second kappa shape index (κ2) is 6.48. The van der Waals surface area contributed by atoms with E-state index in [9.17, 15) is 0 Å². The quantitative estimate of drug-likeness (QED) is 0.518. The summed E-state index contributed by atoms with van der Waals surface area (Å²) in [6.45, 7) is 1.88. The van der Waals surface area contributed by atoms with E-state index in [4.69, 9.17) is 14.7 Å². The van der Waals surface area contributed by atoms with E-state index in [-0.39, 0.29) is 0 Å². The van der Waals surface area contributed by atoms with E-state index < -0.39 is 8.60 Å². The van der Waals surface area contributed by atoms with Crippen molar-refractivity contribution in [2.75, 3.05) is 13.1 Å². The highest BCUT2D eigenvalue weighted by atomic mass is 31.2. The zero-order valence-electron chi connectivity index (χ0n) is 8.04. The van der Waals surface area contributed by atoms with Crippen molar-refractivity contribution in [1.29, 1.82) is 0 Å². The van der Waals surface area contributed by atoms with Gasteiger partial charge < -0.3 is 20.0 Å². The van der Waals surface area contributed by atoms with Gasteiger partial charge in [-0.25, -0.2) is 0 Å². The lowest BCUT2D eigenvalue weighted by Crippen LogP contribution is -2.19. The predicted octanol–water partition coefficient (Wildman–Crippen LogP) is 0.227.